The lowest BCUT2D eigenvalue weighted by Gasteiger charge is -2.14. The third-order valence-corrected chi connectivity index (χ3v) is 5.33. The standard InChI is InChI=1S/C24H27FN4O6/c1-4-26-24(33)35-13-16-11-17(25)6-5-15(16)9-14-10-18-20(28-12-14)21(30)19(23(32)29(18)2)22(31)27-7-8-34-3/h5-6,10-12,30H,4,7-9,13H2,1-3H3,(H,26,33)(H,27,31). The quantitative estimate of drug-likeness (QED) is 0.394. The Morgan fingerprint density at radius 1 is 1.20 bits per heavy atom. The van der Waals surface area contributed by atoms with E-state index in [-0.39, 0.29) is 25.3 Å². The average Bonchev–Trinajstić information content (AvgIpc) is 2.83. The molecule has 0 spiro atoms. The number of nitrogens with zero attached hydrogens (tertiary/aromatic N) is 2. The Hall–Kier alpha value is -3.99. The summed E-state index contributed by atoms with van der Waals surface area (Å²) in [6.45, 7) is 2.46. The van der Waals surface area contributed by atoms with E-state index in [1.165, 1.54) is 37.1 Å². The molecule has 0 aliphatic heterocycles. The maximum atomic E-state index is 13.8. The van der Waals surface area contributed by atoms with Crippen LogP contribution < -0.4 is 16.2 Å². The third-order valence-electron chi connectivity index (χ3n) is 5.33. The maximum Gasteiger partial charge on any atom is 0.407 e. The number of aryl methyl sites for hydroxylation is 1. The third kappa shape index (κ3) is 5.93. The molecular weight excluding hydrogens is 459 g/mol. The number of fused-ring (bicyclic) bond motifs is 1. The molecule has 2 amide bonds. The number of methoxy groups -OCH3 is 1. The van der Waals surface area contributed by atoms with E-state index in [2.05, 4.69) is 15.6 Å². The first-order valence-electron chi connectivity index (χ1n) is 10.9. The molecule has 0 bridgehead atoms. The van der Waals surface area contributed by atoms with Crippen molar-refractivity contribution in [2.45, 2.75) is 20.0 Å². The Balaban J connectivity index is 1.93. The number of benzene rings is 1. The first-order chi connectivity index (χ1) is 16.8. The van der Waals surface area contributed by atoms with Crippen molar-refractivity contribution < 1.29 is 28.6 Å². The number of hydrogen-bond acceptors (Lipinski definition) is 7. The zero-order valence-corrected chi connectivity index (χ0v) is 19.7. The van der Waals surface area contributed by atoms with Crippen LogP contribution in [0.15, 0.2) is 35.3 Å². The topological polar surface area (TPSA) is 132 Å². The van der Waals surface area contributed by atoms with Gasteiger partial charge >= 0.3 is 6.09 Å². The molecule has 0 unspecified atom stereocenters. The van der Waals surface area contributed by atoms with Gasteiger partial charge in [-0.25, -0.2) is 9.18 Å². The Morgan fingerprint density at radius 3 is 2.69 bits per heavy atom. The molecule has 10 nitrogen and oxygen atoms in total. The van der Waals surface area contributed by atoms with Gasteiger partial charge < -0.3 is 29.8 Å². The first kappa shape index (κ1) is 25.6. The summed E-state index contributed by atoms with van der Waals surface area (Å²) in [5, 5.41) is 15.7. The van der Waals surface area contributed by atoms with Crippen LogP contribution in [0.4, 0.5) is 9.18 Å². The molecule has 0 atom stereocenters. The Kier molecular flexibility index (Phi) is 8.37. The van der Waals surface area contributed by atoms with Gasteiger partial charge in [-0.15, -0.1) is 0 Å². The SMILES string of the molecule is CCNC(=O)OCc1cc(F)ccc1Cc1cnc2c(O)c(C(=O)NCCOC)c(=O)n(C)c2c1. The molecule has 35 heavy (non-hydrogen) atoms. The van der Waals surface area contributed by atoms with Crippen molar-refractivity contribution in [2.75, 3.05) is 26.8 Å². The number of aromatic hydroxyl groups is 1. The molecule has 0 fully saturated rings. The second-order valence-corrected chi connectivity index (χ2v) is 7.74. The van der Waals surface area contributed by atoms with Crippen molar-refractivity contribution in [3.05, 3.63) is 68.9 Å². The van der Waals surface area contributed by atoms with Crippen LogP contribution in [0, 0.1) is 5.82 Å². The van der Waals surface area contributed by atoms with Gasteiger partial charge in [-0.2, -0.15) is 0 Å². The van der Waals surface area contributed by atoms with Crippen LogP contribution in [-0.4, -0.2) is 53.5 Å². The lowest BCUT2D eigenvalue weighted by atomic mass is 10.0. The Bertz CT molecular complexity index is 1310. The summed E-state index contributed by atoms with van der Waals surface area (Å²) < 4.78 is 25.1. The first-order valence-corrected chi connectivity index (χ1v) is 10.9. The van der Waals surface area contributed by atoms with Gasteiger partial charge in [-0.05, 0) is 48.2 Å². The highest BCUT2D eigenvalue weighted by Gasteiger charge is 2.22. The molecule has 1 aromatic carbocycles. The predicted octanol–water partition coefficient (Wildman–Crippen LogP) is 1.99. The molecule has 0 aliphatic carbocycles. The molecule has 3 aromatic rings. The molecule has 3 rings (SSSR count). The molecule has 2 heterocycles. The monoisotopic (exact) mass is 486 g/mol. The molecular formula is C24H27FN4O6. The van der Waals surface area contributed by atoms with Crippen LogP contribution in [0.2, 0.25) is 0 Å². The molecule has 2 aromatic heterocycles. The molecule has 11 heteroatoms. The summed E-state index contributed by atoms with van der Waals surface area (Å²) in [4.78, 5) is 41.2. The van der Waals surface area contributed by atoms with Gasteiger partial charge in [0.05, 0.1) is 12.1 Å². The number of carbonyl (C=O) groups excluding carboxylic acids is 2. The average molecular weight is 487 g/mol. The van der Waals surface area contributed by atoms with E-state index in [0.717, 1.165) is 0 Å². The second kappa shape index (κ2) is 11.4. The molecule has 0 saturated carbocycles. The summed E-state index contributed by atoms with van der Waals surface area (Å²) in [5.74, 6) is -1.71. The minimum absolute atomic E-state index is 0.0895. The maximum absolute atomic E-state index is 13.8. The number of amides is 2. The van der Waals surface area contributed by atoms with Crippen molar-refractivity contribution in [2.24, 2.45) is 7.05 Å². The normalized spacial score (nSPS) is 10.9. The van der Waals surface area contributed by atoms with Gasteiger partial charge in [-0.3, -0.25) is 14.6 Å². The number of ether oxygens (including phenoxy) is 2. The lowest BCUT2D eigenvalue weighted by molar-refractivity contribution is 0.0932. The van der Waals surface area contributed by atoms with Crippen molar-refractivity contribution in [3.63, 3.8) is 0 Å². The summed E-state index contributed by atoms with van der Waals surface area (Å²) in [5.41, 5.74) is 1.17. The summed E-state index contributed by atoms with van der Waals surface area (Å²) in [6, 6.07) is 5.84. The molecule has 0 saturated heterocycles. The van der Waals surface area contributed by atoms with Gasteiger partial charge in [0.1, 0.15) is 23.5 Å². The fourth-order valence-electron chi connectivity index (χ4n) is 3.55. The van der Waals surface area contributed by atoms with Crippen molar-refractivity contribution >= 4 is 23.0 Å². The zero-order valence-electron chi connectivity index (χ0n) is 19.7. The minimum atomic E-state index is -0.726. The van der Waals surface area contributed by atoms with Gasteiger partial charge in [0.2, 0.25) is 0 Å². The van der Waals surface area contributed by atoms with Crippen molar-refractivity contribution in [3.8, 4) is 5.75 Å². The Morgan fingerprint density at radius 2 is 1.97 bits per heavy atom. The van der Waals surface area contributed by atoms with E-state index in [0.29, 0.717) is 35.2 Å². The van der Waals surface area contributed by atoms with Crippen LogP contribution in [0.1, 0.15) is 34.0 Å². The number of carbonyl (C=O) groups is 2. The molecule has 186 valence electrons. The van der Waals surface area contributed by atoms with Gasteiger partial charge in [0.15, 0.2) is 5.75 Å². The number of hydrogen-bond donors (Lipinski definition) is 3. The Labute approximate surface area is 200 Å². The van der Waals surface area contributed by atoms with E-state index < -0.39 is 34.7 Å². The van der Waals surface area contributed by atoms with Gasteiger partial charge in [0, 0.05) is 33.4 Å². The number of rotatable bonds is 9. The van der Waals surface area contributed by atoms with E-state index in [1.54, 1.807) is 19.1 Å². The van der Waals surface area contributed by atoms with Crippen LogP contribution in [-0.2, 0) is 29.5 Å². The number of halogens is 1. The molecule has 3 N–H and O–H groups in total. The van der Waals surface area contributed by atoms with Crippen molar-refractivity contribution in [1.29, 1.82) is 0 Å². The van der Waals surface area contributed by atoms with E-state index >= 15 is 0 Å². The van der Waals surface area contributed by atoms with Crippen LogP contribution in [0.3, 0.4) is 0 Å². The van der Waals surface area contributed by atoms with Crippen LogP contribution in [0.25, 0.3) is 11.0 Å². The summed E-state index contributed by atoms with van der Waals surface area (Å²) in [7, 11) is 2.95. The van der Waals surface area contributed by atoms with Gasteiger partial charge in [-0.1, -0.05) is 6.07 Å². The number of nitrogens with one attached hydrogen (secondary N) is 2. The summed E-state index contributed by atoms with van der Waals surface area (Å²) >= 11 is 0. The molecule has 0 radical (unpaired) electrons. The van der Waals surface area contributed by atoms with E-state index in [9.17, 15) is 23.9 Å². The van der Waals surface area contributed by atoms with E-state index in [4.69, 9.17) is 9.47 Å². The van der Waals surface area contributed by atoms with E-state index in [1.807, 2.05) is 0 Å². The number of alkyl carbamates (subject to hydrolysis) is 1. The summed E-state index contributed by atoms with van der Waals surface area (Å²) in [6.07, 6.45) is 1.19. The highest BCUT2D eigenvalue weighted by molar-refractivity contribution is 6.01. The fourth-order valence-corrected chi connectivity index (χ4v) is 3.55. The highest BCUT2D eigenvalue weighted by Crippen LogP contribution is 2.26. The number of pyridine rings is 2. The lowest BCUT2D eigenvalue weighted by Crippen LogP contribution is -2.34. The van der Waals surface area contributed by atoms with Crippen LogP contribution >= 0.6 is 0 Å². The highest BCUT2D eigenvalue weighted by atomic mass is 19.1. The van der Waals surface area contributed by atoms with Gasteiger partial charge in [0.25, 0.3) is 11.5 Å². The largest absolute Gasteiger partial charge is 0.505 e. The van der Waals surface area contributed by atoms with Crippen molar-refractivity contribution in [1.82, 2.24) is 20.2 Å². The number of aromatic nitrogens is 2. The zero-order chi connectivity index (χ0) is 25.5. The smallest absolute Gasteiger partial charge is 0.407 e. The fraction of sp³-hybridized carbons (Fsp3) is 0.333. The second-order valence-electron chi connectivity index (χ2n) is 7.74. The minimum Gasteiger partial charge on any atom is -0.505 e. The predicted molar refractivity (Wildman–Crippen MR) is 126 cm³/mol. The molecule has 0 aliphatic rings. The van der Waals surface area contributed by atoms with Crippen LogP contribution in [0.5, 0.6) is 5.75 Å².